The molecule has 0 unspecified atom stereocenters. The van der Waals surface area contributed by atoms with E-state index in [1.165, 1.54) is 11.1 Å². The van der Waals surface area contributed by atoms with Crippen LogP contribution in [0.2, 0.25) is 0 Å². The lowest BCUT2D eigenvalue weighted by Gasteiger charge is -2.22. The van der Waals surface area contributed by atoms with Gasteiger partial charge in [0, 0.05) is 0 Å². The molecule has 1 N–H and O–H groups in total. The minimum Gasteiger partial charge on any atom is -0.481 e. The summed E-state index contributed by atoms with van der Waals surface area (Å²) in [6, 6.07) is 16.4. The molecule has 2 aromatic carbocycles. The molecule has 2 aromatic rings. The van der Waals surface area contributed by atoms with Gasteiger partial charge in [-0.2, -0.15) is 0 Å². The van der Waals surface area contributed by atoms with E-state index in [-0.39, 0.29) is 17.4 Å². The lowest BCUT2D eigenvalue weighted by Crippen LogP contribution is -2.39. The molecule has 0 saturated carbocycles. The van der Waals surface area contributed by atoms with Gasteiger partial charge in [0.2, 0.25) is 0 Å². The first kappa shape index (κ1) is 21.0. The maximum atomic E-state index is 12.7. The lowest BCUT2D eigenvalue weighted by atomic mass is 9.87. The number of carbonyl (C=O) groups excluding carboxylic acids is 1. The van der Waals surface area contributed by atoms with E-state index in [0.29, 0.717) is 6.42 Å². The number of amides is 1. The highest BCUT2D eigenvalue weighted by molar-refractivity contribution is 5.81. The highest BCUT2D eigenvalue weighted by Gasteiger charge is 2.21. The summed E-state index contributed by atoms with van der Waals surface area (Å²) in [6.45, 7) is 12.6. The first-order chi connectivity index (χ1) is 12.7. The molecule has 0 aliphatic heterocycles. The van der Waals surface area contributed by atoms with Crippen LogP contribution in [0.25, 0.3) is 0 Å². The number of rotatable bonds is 7. The molecule has 3 heteroatoms. The fourth-order valence-electron chi connectivity index (χ4n) is 2.95. The Hall–Kier alpha value is -2.29. The number of benzene rings is 2. The van der Waals surface area contributed by atoms with Crippen LogP contribution in [0.3, 0.4) is 0 Å². The highest BCUT2D eigenvalue weighted by Crippen LogP contribution is 2.25. The average Bonchev–Trinajstić information content (AvgIpc) is 2.65. The quantitative estimate of drug-likeness (QED) is 0.693. The third kappa shape index (κ3) is 5.85. The van der Waals surface area contributed by atoms with Crippen molar-refractivity contribution >= 4 is 5.91 Å². The van der Waals surface area contributed by atoms with Crippen LogP contribution in [0.15, 0.2) is 48.5 Å². The number of carbonyl (C=O) groups is 1. The van der Waals surface area contributed by atoms with Gasteiger partial charge in [0.1, 0.15) is 5.75 Å². The predicted octanol–water partition coefficient (Wildman–Crippen LogP) is 5.58. The molecule has 2 rings (SSSR count). The summed E-state index contributed by atoms with van der Waals surface area (Å²) < 4.78 is 5.95. The van der Waals surface area contributed by atoms with Gasteiger partial charge in [-0.1, -0.05) is 71.0 Å². The van der Waals surface area contributed by atoms with Crippen molar-refractivity contribution in [3.63, 3.8) is 0 Å². The zero-order valence-electron chi connectivity index (χ0n) is 17.5. The molecule has 0 heterocycles. The standard InChI is InChI=1S/C24H33NO2/c1-7-18-9-11-19(12-10-18)17(3)25-23(26)22(8-2)27-21-15-13-20(14-16-21)24(4,5)6/h9-17,22H,7-8H2,1-6H3,(H,25,26)/t17-,22-/m0/s1. The number of nitrogens with one attached hydrogen (secondary N) is 1. The summed E-state index contributed by atoms with van der Waals surface area (Å²) >= 11 is 0. The van der Waals surface area contributed by atoms with Gasteiger partial charge in [0.05, 0.1) is 6.04 Å². The van der Waals surface area contributed by atoms with Crippen LogP contribution in [0.4, 0.5) is 0 Å². The number of ether oxygens (including phenoxy) is 1. The molecule has 1 amide bonds. The molecular formula is C24H33NO2. The fourth-order valence-corrected chi connectivity index (χ4v) is 2.95. The van der Waals surface area contributed by atoms with E-state index in [9.17, 15) is 4.79 Å². The monoisotopic (exact) mass is 367 g/mol. The smallest absolute Gasteiger partial charge is 0.261 e. The molecular weight excluding hydrogens is 334 g/mol. The summed E-state index contributed by atoms with van der Waals surface area (Å²) in [5.74, 6) is 0.648. The third-order valence-electron chi connectivity index (χ3n) is 4.91. The minimum atomic E-state index is -0.497. The fraction of sp³-hybridized carbons (Fsp3) is 0.458. The van der Waals surface area contributed by atoms with Crippen LogP contribution in [0.5, 0.6) is 5.75 Å². The Kier molecular flexibility index (Phi) is 7.06. The summed E-state index contributed by atoms with van der Waals surface area (Å²) in [5.41, 5.74) is 3.75. The Labute approximate surface area is 164 Å². The lowest BCUT2D eigenvalue weighted by molar-refractivity contribution is -0.128. The van der Waals surface area contributed by atoms with Crippen LogP contribution >= 0.6 is 0 Å². The molecule has 0 aromatic heterocycles. The van der Waals surface area contributed by atoms with Crippen LogP contribution in [-0.4, -0.2) is 12.0 Å². The van der Waals surface area contributed by atoms with Gasteiger partial charge in [0.25, 0.3) is 5.91 Å². The molecule has 0 aliphatic rings. The van der Waals surface area contributed by atoms with E-state index < -0.39 is 6.10 Å². The van der Waals surface area contributed by atoms with Crippen molar-refractivity contribution in [2.24, 2.45) is 0 Å². The highest BCUT2D eigenvalue weighted by atomic mass is 16.5. The summed E-state index contributed by atoms with van der Waals surface area (Å²) in [4.78, 5) is 12.7. The first-order valence-electron chi connectivity index (χ1n) is 9.91. The Balaban J connectivity index is 2.00. The van der Waals surface area contributed by atoms with Gasteiger partial charge in [0.15, 0.2) is 6.10 Å². The van der Waals surface area contributed by atoms with E-state index in [2.05, 4.69) is 69.4 Å². The second kappa shape index (κ2) is 9.07. The van der Waals surface area contributed by atoms with E-state index in [0.717, 1.165) is 17.7 Å². The zero-order chi connectivity index (χ0) is 20.0. The zero-order valence-corrected chi connectivity index (χ0v) is 17.5. The molecule has 3 nitrogen and oxygen atoms in total. The van der Waals surface area contributed by atoms with Crippen molar-refractivity contribution in [3.8, 4) is 5.75 Å². The topological polar surface area (TPSA) is 38.3 Å². The maximum Gasteiger partial charge on any atom is 0.261 e. The van der Waals surface area contributed by atoms with Crippen molar-refractivity contribution in [2.45, 2.75) is 71.9 Å². The normalized spacial score (nSPS) is 13.7. The second-order valence-corrected chi connectivity index (χ2v) is 8.11. The molecule has 0 aliphatic carbocycles. The van der Waals surface area contributed by atoms with Crippen LogP contribution in [-0.2, 0) is 16.6 Å². The molecule has 0 fully saturated rings. The van der Waals surface area contributed by atoms with E-state index in [1.54, 1.807) is 0 Å². The first-order valence-corrected chi connectivity index (χ1v) is 9.91. The van der Waals surface area contributed by atoms with Gasteiger partial charge in [-0.25, -0.2) is 0 Å². The molecule has 2 atom stereocenters. The minimum absolute atomic E-state index is 0.0516. The van der Waals surface area contributed by atoms with Crippen LogP contribution in [0.1, 0.15) is 70.7 Å². The van der Waals surface area contributed by atoms with Gasteiger partial charge in [-0.15, -0.1) is 0 Å². The molecule has 0 spiro atoms. The average molecular weight is 368 g/mol. The van der Waals surface area contributed by atoms with Gasteiger partial charge in [-0.3, -0.25) is 4.79 Å². The second-order valence-electron chi connectivity index (χ2n) is 8.11. The van der Waals surface area contributed by atoms with Crippen molar-refractivity contribution in [1.29, 1.82) is 0 Å². The Morgan fingerprint density at radius 2 is 1.59 bits per heavy atom. The number of hydrogen-bond acceptors (Lipinski definition) is 2. The Morgan fingerprint density at radius 3 is 2.07 bits per heavy atom. The SMILES string of the molecule is CCc1ccc([C@H](C)NC(=O)[C@H](CC)Oc2ccc(C(C)(C)C)cc2)cc1. The van der Waals surface area contributed by atoms with Crippen LogP contribution < -0.4 is 10.1 Å². The summed E-state index contributed by atoms with van der Waals surface area (Å²) in [6.07, 6.45) is 1.14. The number of aryl methyl sites for hydroxylation is 1. The summed E-state index contributed by atoms with van der Waals surface area (Å²) in [7, 11) is 0. The molecule has 27 heavy (non-hydrogen) atoms. The van der Waals surface area contributed by atoms with Crippen molar-refractivity contribution in [1.82, 2.24) is 5.32 Å². The Morgan fingerprint density at radius 1 is 1.00 bits per heavy atom. The molecule has 0 saturated heterocycles. The van der Waals surface area contributed by atoms with E-state index in [1.807, 2.05) is 26.0 Å². The third-order valence-corrected chi connectivity index (χ3v) is 4.91. The predicted molar refractivity (Wildman–Crippen MR) is 112 cm³/mol. The number of hydrogen-bond donors (Lipinski definition) is 1. The van der Waals surface area contributed by atoms with Gasteiger partial charge in [-0.05, 0) is 54.0 Å². The largest absolute Gasteiger partial charge is 0.481 e. The molecule has 146 valence electrons. The van der Waals surface area contributed by atoms with Gasteiger partial charge < -0.3 is 10.1 Å². The van der Waals surface area contributed by atoms with Gasteiger partial charge >= 0.3 is 0 Å². The van der Waals surface area contributed by atoms with E-state index in [4.69, 9.17) is 4.74 Å². The molecule has 0 bridgehead atoms. The van der Waals surface area contributed by atoms with E-state index >= 15 is 0 Å². The summed E-state index contributed by atoms with van der Waals surface area (Å²) in [5, 5.41) is 3.08. The van der Waals surface area contributed by atoms with Crippen molar-refractivity contribution in [3.05, 3.63) is 65.2 Å². The van der Waals surface area contributed by atoms with Crippen molar-refractivity contribution < 1.29 is 9.53 Å². The van der Waals surface area contributed by atoms with Crippen LogP contribution in [0, 0.1) is 0 Å². The Bertz CT molecular complexity index is 726. The molecule has 0 radical (unpaired) electrons. The van der Waals surface area contributed by atoms with Crippen molar-refractivity contribution in [2.75, 3.05) is 0 Å². The maximum absolute atomic E-state index is 12.7.